The highest BCUT2D eigenvalue weighted by molar-refractivity contribution is 5.31. The van der Waals surface area contributed by atoms with Gasteiger partial charge >= 0.3 is 0 Å². The molecular formula is C13H20O4. The third kappa shape index (κ3) is 3.70. The molecule has 1 unspecified atom stereocenters. The molecule has 0 spiro atoms. The molecule has 1 atom stereocenters. The lowest BCUT2D eigenvalue weighted by atomic mass is 9.92. The first-order chi connectivity index (χ1) is 8.03. The van der Waals surface area contributed by atoms with Gasteiger partial charge in [0.15, 0.2) is 6.29 Å². The van der Waals surface area contributed by atoms with E-state index in [0.29, 0.717) is 12.2 Å². The minimum Gasteiger partial charge on any atom is -0.497 e. The minimum atomic E-state index is -1.02. The predicted octanol–water partition coefficient (Wildman–Crippen LogP) is 1.91. The van der Waals surface area contributed by atoms with Gasteiger partial charge in [-0.1, -0.05) is 12.1 Å². The van der Waals surface area contributed by atoms with Crippen LogP contribution >= 0.6 is 0 Å². The molecule has 4 nitrogen and oxygen atoms in total. The van der Waals surface area contributed by atoms with E-state index in [1.807, 2.05) is 24.3 Å². The van der Waals surface area contributed by atoms with Crippen LogP contribution in [0.15, 0.2) is 24.3 Å². The minimum absolute atomic E-state index is 0.354. The van der Waals surface area contributed by atoms with Gasteiger partial charge in [-0.15, -0.1) is 0 Å². The van der Waals surface area contributed by atoms with E-state index in [1.54, 1.807) is 28.3 Å². The van der Waals surface area contributed by atoms with Crippen molar-refractivity contribution in [2.24, 2.45) is 0 Å². The van der Waals surface area contributed by atoms with Crippen molar-refractivity contribution in [2.45, 2.75) is 25.2 Å². The molecule has 1 aromatic rings. The third-order valence-corrected chi connectivity index (χ3v) is 2.78. The van der Waals surface area contributed by atoms with Crippen LogP contribution in [0.3, 0.4) is 0 Å². The Kier molecular flexibility index (Phi) is 4.93. The molecule has 1 N–H and O–H groups in total. The van der Waals surface area contributed by atoms with E-state index in [1.165, 1.54) is 0 Å². The lowest BCUT2D eigenvalue weighted by Crippen LogP contribution is -2.29. The summed E-state index contributed by atoms with van der Waals surface area (Å²) in [6.07, 6.45) is -0.0797. The molecule has 4 heteroatoms. The van der Waals surface area contributed by atoms with Gasteiger partial charge in [-0.25, -0.2) is 0 Å². The number of benzene rings is 1. The average Bonchev–Trinajstić information content (AvgIpc) is 2.36. The maximum Gasteiger partial charge on any atom is 0.159 e. The molecule has 96 valence electrons. The van der Waals surface area contributed by atoms with Crippen molar-refractivity contribution in [2.75, 3.05) is 21.3 Å². The van der Waals surface area contributed by atoms with Gasteiger partial charge in [-0.2, -0.15) is 0 Å². The van der Waals surface area contributed by atoms with Crippen molar-refractivity contribution in [1.82, 2.24) is 0 Å². The SMILES string of the molecule is COc1cccc(C(C)(O)CC(OC)OC)c1. The Hall–Kier alpha value is -1.10. The highest BCUT2D eigenvalue weighted by atomic mass is 16.7. The van der Waals surface area contributed by atoms with E-state index in [-0.39, 0.29) is 0 Å². The normalized spacial score (nSPS) is 14.7. The summed E-state index contributed by atoms with van der Waals surface area (Å²) in [5, 5.41) is 10.4. The van der Waals surface area contributed by atoms with E-state index in [2.05, 4.69) is 0 Å². The highest BCUT2D eigenvalue weighted by Gasteiger charge is 2.27. The smallest absolute Gasteiger partial charge is 0.159 e. The highest BCUT2D eigenvalue weighted by Crippen LogP contribution is 2.29. The molecule has 0 saturated carbocycles. The number of hydrogen-bond acceptors (Lipinski definition) is 4. The standard InChI is InChI=1S/C13H20O4/c1-13(14,9-12(16-3)17-4)10-6-5-7-11(8-10)15-2/h5-8,12,14H,9H2,1-4H3. The maximum atomic E-state index is 10.4. The molecule has 1 rings (SSSR count). The zero-order valence-corrected chi connectivity index (χ0v) is 10.8. The van der Waals surface area contributed by atoms with Gasteiger partial charge in [-0.3, -0.25) is 0 Å². The second kappa shape index (κ2) is 6.00. The maximum absolute atomic E-state index is 10.4. The predicted molar refractivity (Wildman–Crippen MR) is 65.0 cm³/mol. The lowest BCUT2D eigenvalue weighted by Gasteiger charge is -2.27. The van der Waals surface area contributed by atoms with Crippen molar-refractivity contribution in [3.05, 3.63) is 29.8 Å². The Bertz CT molecular complexity index is 345. The van der Waals surface area contributed by atoms with Crippen LogP contribution in [-0.4, -0.2) is 32.7 Å². The molecule has 0 aromatic heterocycles. The first kappa shape index (κ1) is 14.0. The first-order valence-electron chi connectivity index (χ1n) is 5.46. The number of aliphatic hydroxyl groups is 1. The van der Waals surface area contributed by atoms with Gasteiger partial charge in [-0.05, 0) is 24.6 Å². The van der Waals surface area contributed by atoms with Crippen molar-refractivity contribution in [1.29, 1.82) is 0 Å². The summed E-state index contributed by atoms with van der Waals surface area (Å²) >= 11 is 0. The summed E-state index contributed by atoms with van der Waals surface area (Å²) < 4.78 is 15.3. The van der Waals surface area contributed by atoms with Crippen LogP contribution in [0.4, 0.5) is 0 Å². The van der Waals surface area contributed by atoms with Crippen LogP contribution in [0, 0.1) is 0 Å². The summed E-state index contributed by atoms with van der Waals surface area (Å²) in [6, 6.07) is 7.34. The fourth-order valence-corrected chi connectivity index (χ4v) is 1.66. The molecule has 0 amide bonds. The molecule has 17 heavy (non-hydrogen) atoms. The van der Waals surface area contributed by atoms with Crippen LogP contribution in [0.25, 0.3) is 0 Å². The summed E-state index contributed by atoms with van der Waals surface area (Å²) in [5.41, 5.74) is -0.249. The number of methoxy groups -OCH3 is 3. The van der Waals surface area contributed by atoms with Crippen LogP contribution in [0.5, 0.6) is 5.75 Å². The monoisotopic (exact) mass is 240 g/mol. The number of rotatable bonds is 6. The lowest BCUT2D eigenvalue weighted by molar-refractivity contribution is -0.142. The molecule has 0 aliphatic carbocycles. The Morgan fingerprint density at radius 1 is 1.24 bits per heavy atom. The number of hydrogen-bond donors (Lipinski definition) is 1. The summed E-state index contributed by atoms with van der Waals surface area (Å²) in [7, 11) is 4.70. The van der Waals surface area contributed by atoms with Crippen LogP contribution in [0.1, 0.15) is 18.9 Å². The fourth-order valence-electron chi connectivity index (χ4n) is 1.66. The largest absolute Gasteiger partial charge is 0.497 e. The molecular weight excluding hydrogens is 220 g/mol. The zero-order chi connectivity index (χ0) is 12.9. The van der Waals surface area contributed by atoms with E-state index in [0.717, 1.165) is 5.56 Å². The van der Waals surface area contributed by atoms with E-state index in [9.17, 15) is 5.11 Å². The van der Waals surface area contributed by atoms with Gasteiger partial charge in [0.1, 0.15) is 5.75 Å². The first-order valence-corrected chi connectivity index (χ1v) is 5.46. The number of ether oxygens (including phenoxy) is 3. The van der Waals surface area contributed by atoms with Crippen LogP contribution < -0.4 is 4.74 Å². The third-order valence-electron chi connectivity index (χ3n) is 2.78. The quantitative estimate of drug-likeness (QED) is 0.772. The van der Waals surface area contributed by atoms with E-state index >= 15 is 0 Å². The molecule has 0 aliphatic heterocycles. The molecule has 0 heterocycles. The van der Waals surface area contributed by atoms with E-state index < -0.39 is 11.9 Å². The second-order valence-corrected chi connectivity index (χ2v) is 4.11. The molecule has 1 aromatic carbocycles. The van der Waals surface area contributed by atoms with Gasteiger partial charge in [0.05, 0.1) is 12.7 Å². The summed E-state index contributed by atoms with van der Waals surface area (Å²) in [6.45, 7) is 1.73. The average molecular weight is 240 g/mol. The van der Waals surface area contributed by atoms with Gasteiger partial charge in [0.2, 0.25) is 0 Å². The molecule has 0 fully saturated rings. The fraction of sp³-hybridized carbons (Fsp3) is 0.538. The molecule has 0 bridgehead atoms. The Labute approximate surface area is 102 Å². The topological polar surface area (TPSA) is 47.9 Å². The van der Waals surface area contributed by atoms with Crippen molar-refractivity contribution in [3.8, 4) is 5.75 Å². The Morgan fingerprint density at radius 3 is 2.41 bits per heavy atom. The summed E-state index contributed by atoms with van der Waals surface area (Å²) in [5.74, 6) is 0.717. The molecule has 0 saturated heterocycles. The van der Waals surface area contributed by atoms with Gasteiger partial charge in [0.25, 0.3) is 0 Å². The van der Waals surface area contributed by atoms with Crippen molar-refractivity contribution < 1.29 is 19.3 Å². The summed E-state index contributed by atoms with van der Waals surface area (Å²) in [4.78, 5) is 0. The second-order valence-electron chi connectivity index (χ2n) is 4.11. The van der Waals surface area contributed by atoms with Crippen molar-refractivity contribution in [3.63, 3.8) is 0 Å². The Morgan fingerprint density at radius 2 is 1.88 bits per heavy atom. The van der Waals surface area contributed by atoms with Gasteiger partial charge in [0, 0.05) is 20.6 Å². The van der Waals surface area contributed by atoms with Gasteiger partial charge < -0.3 is 19.3 Å². The Balaban J connectivity index is 2.87. The van der Waals surface area contributed by atoms with E-state index in [4.69, 9.17) is 14.2 Å². The molecule has 0 aliphatic rings. The van der Waals surface area contributed by atoms with Crippen LogP contribution in [-0.2, 0) is 15.1 Å². The van der Waals surface area contributed by atoms with Crippen LogP contribution in [0.2, 0.25) is 0 Å². The zero-order valence-electron chi connectivity index (χ0n) is 10.8. The van der Waals surface area contributed by atoms with Crippen molar-refractivity contribution >= 4 is 0 Å². The molecule has 0 radical (unpaired) electrons.